The Kier molecular flexibility index (Phi) is 7.38. The van der Waals surface area contributed by atoms with Gasteiger partial charge in [-0.15, -0.1) is 0 Å². The minimum Gasteiger partial charge on any atom is -0.352 e. The van der Waals surface area contributed by atoms with Crippen LogP contribution in [-0.2, 0) is 0 Å². The molecule has 5 heterocycles. The number of para-hydroxylation sites is 1. The highest BCUT2D eigenvalue weighted by atomic mass is 35.5. The van der Waals surface area contributed by atoms with E-state index in [0.717, 1.165) is 28.2 Å². The zero-order valence-electron chi connectivity index (χ0n) is 25.7. The van der Waals surface area contributed by atoms with Crippen molar-refractivity contribution < 1.29 is 8.78 Å². The molecule has 0 aliphatic carbocycles. The number of anilines is 2. The van der Waals surface area contributed by atoms with Gasteiger partial charge in [0, 0.05) is 40.4 Å². The molecular formula is C37H24ClF2N9. The maximum Gasteiger partial charge on any atom is 0.152 e. The molecule has 5 aromatic heterocycles. The Morgan fingerprint density at radius 3 is 2.51 bits per heavy atom. The molecule has 0 bridgehead atoms. The third-order valence-corrected chi connectivity index (χ3v) is 8.55. The molecule has 9 nitrogen and oxygen atoms in total. The van der Waals surface area contributed by atoms with Crippen molar-refractivity contribution in [3.05, 3.63) is 149 Å². The average molecular weight is 668 g/mol. The molecule has 2 N–H and O–H groups in total. The number of rotatable bonds is 7. The molecule has 0 aliphatic heterocycles. The van der Waals surface area contributed by atoms with Gasteiger partial charge in [0.05, 0.1) is 69.5 Å². The van der Waals surface area contributed by atoms with Crippen molar-refractivity contribution in [1.29, 1.82) is 5.41 Å². The minimum absolute atomic E-state index is 0.0444. The van der Waals surface area contributed by atoms with E-state index in [1.165, 1.54) is 23.1 Å². The standard InChI is InChI=1S/C37H24ClF2N9/c1-21-5-2-9-33-29(21)20-45-48(33)25-10-11-32(44-19-25)36-28-14-23(39)15-31(40)37(28)49(47-36)26-13-22(16-43-18-26)34(41)27-7-3-8-30(38)35(27)46-24-6-4-12-42-17-24/h2-20,41,46H,1H3. The Balaban J connectivity index is 1.19. The summed E-state index contributed by atoms with van der Waals surface area (Å²) in [6, 6.07) is 22.2. The maximum absolute atomic E-state index is 15.6. The summed E-state index contributed by atoms with van der Waals surface area (Å²) in [6.45, 7) is 2.03. The van der Waals surface area contributed by atoms with Crippen molar-refractivity contribution in [2.45, 2.75) is 6.92 Å². The van der Waals surface area contributed by atoms with Crippen LogP contribution in [0.3, 0.4) is 0 Å². The van der Waals surface area contributed by atoms with E-state index in [4.69, 9.17) is 22.1 Å². The third-order valence-electron chi connectivity index (χ3n) is 8.23. The van der Waals surface area contributed by atoms with Gasteiger partial charge in [0.15, 0.2) is 5.82 Å². The van der Waals surface area contributed by atoms with Crippen LogP contribution in [0.15, 0.2) is 116 Å². The summed E-state index contributed by atoms with van der Waals surface area (Å²) >= 11 is 6.57. The summed E-state index contributed by atoms with van der Waals surface area (Å²) in [6.07, 6.45) is 9.81. The molecule has 0 atom stereocenters. The van der Waals surface area contributed by atoms with E-state index in [0.29, 0.717) is 38.9 Å². The molecule has 0 unspecified atom stereocenters. The first-order chi connectivity index (χ1) is 23.9. The summed E-state index contributed by atoms with van der Waals surface area (Å²) in [5.74, 6) is -1.55. The smallest absolute Gasteiger partial charge is 0.152 e. The third kappa shape index (κ3) is 5.35. The van der Waals surface area contributed by atoms with Crippen molar-refractivity contribution in [1.82, 2.24) is 34.5 Å². The summed E-state index contributed by atoms with van der Waals surface area (Å²) in [5.41, 5.74) is 6.13. The lowest BCUT2D eigenvalue weighted by molar-refractivity contribution is 0.588. The Labute approximate surface area is 283 Å². The molecule has 3 aromatic carbocycles. The largest absolute Gasteiger partial charge is 0.352 e. The highest BCUT2D eigenvalue weighted by molar-refractivity contribution is 6.34. The van der Waals surface area contributed by atoms with Crippen LogP contribution in [0.2, 0.25) is 5.02 Å². The molecule has 0 amide bonds. The number of pyridine rings is 3. The molecule has 0 aliphatic rings. The van der Waals surface area contributed by atoms with Gasteiger partial charge in [-0.2, -0.15) is 10.2 Å². The molecule has 0 saturated heterocycles. The lowest BCUT2D eigenvalue weighted by Crippen LogP contribution is -2.08. The van der Waals surface area contributed by atoms with Gasteiger partial charge in [0.2, 0.25) is 0 Å². The van der Waals surface area contributed by atoms with Crippen molar-refractivity contribution in [3.63, 3.8) is 0 Å². The Hall–Kier alpha value is -6.33. The van der Waals surface area contributed by atoms with E-state index in [9.17, 15) is 4.39 Å². The lowest BCUT2D eigenvalue weighted by Gasteiger charge is -2.15. The van der Waals surface area contributed by atoms with Gasteiger partial charge in [-0.1, -0.05) is 35.9 Å². The predicted octanol–water partition coefficient (Wildman–Crippen LogP) is 8.62. The van der Waals surface area contributed by atoms with Gasteiger partial charge in [0.25, 0.3) is 0 Å². The highest BCUT2D eigenvalue weighted by Gasteiger charge is 2.21. The normalized spacial score (nSPS) is 11.3. The monoisotopic (exact) mass is 667 g/mol. The molecule has 8 aromatic rings. The van der Waals surface area contributed by atoms with Crippen LogP contribution in [0.25, 0.3) is 44.6 Å². The van der Waals surface area contributed by atoms with E-state index in [1.54, 1.807) is 59.7 Å². The van der Waals surface area contributed by atoms with E-state index in [1.807, 2.05) is 43.5 Å². The van der Waals surface area contributed by atoms with E-state index < -0.39 is 11.6 Å². The number of hydrogen-bond acceptors (Lipinski definition) is 7. The molecule has 238 valence electrons. The van der Waals surface area contributed by atoms with E-state index in [-0.39, 0.29) is 22.3 Å². The SMILES string of the molecule is Cc1cccc2c1cnn2-c1ccc(-c2nn(-c3cncc(C(=N)c4cccc(Cl)c4Nc4cccnc4)c3)c3c(F)cc(F)cc23)nc1. The van der Waals surface area contributed by atoms with Gasteiger partial charge in [-0.3, -0.25) is 20.4 Å². The number of nitrogens with one attached hydrogen (secondary N) is 2. The van der Waals surface area contributed by atoms with Gasteiger partial charge in [-0.05, 0) is 61.0 Å². The first-order valence-corrected chi connectivity index (χ1v) is 15.5. The number of nitrogens with zero attached hydrogens (tertiary/aromatic N) is 7. The predicted molar refractivity (Wildman–Crippen MR) is 186 cm³/mol. The zero-order chi connectivity index (χ0) is 33.6. The van der Waals surface area contributed by atoms with Crippen LogP contribution >= 0.6 is 11.6 Å². The molecule has 0 radical (unpaired) electrons. The zero-order valence-corrected chi connectivity index (χ0v) is 26.5. The van der Waals surface area contributed by atoms with Gasteiger partial charge in [0.1, 0.15) is 17.0 Å². The van der Waals surface area contributed by atoms with E-state index >= 15 is 4.39 Å². The van der Waals surface area contributed by atoms with E-state index in [2.05, 4.69) is 25.4 Å². The molecular weight excluding hydrogens is 644 g/mol. The van der Waals surface area contributed by atoms with Gasteiger partial charge < -0.3 is 5.32 Å². The van der Waals surface area contributed by atoms with Crippen molar-refractivity contribution in [2.75, 3.05) is 5.32 Å². The quantitative estimate of drug-likeness (QED) is 0.165. The Morgan fingerprint density at radius 1 is 0.816 bits per heavy atom. The molecule has 0 spiro atoms. The fraction of sp³-hybridized carbons (Fsp3) is 0.0270. The number of aryl methyl sites for hydroxylation is 1. The summed E-state index contributed by atoms with van der Waals surface area (Å²) in [5, 5.41) is 23.3. The fourth-order valence-corrected chi connectivity index (χ4v) is 6.09. The summed E-state index contributed by atoms with van der Waals surface area (Å²) in [7, 11) is 0. The Bertz CT molecular complexity index is 2540. The topological polar surface area (TPSA) is 110 Å². The second-order valence-electron chi connectivity index (χ2n) is 11.3. The molecule has 0 saturated carbocycles. The minimum atomic E-state index is -0.804. The van der Waals surface area contributed by atoms with Crippen molar-refractivity contribution in [2.24, 2.45) is 0 Å². The number of fused-ring (bicyclic) bond motifs is 2. The maximum atomic E-state index is 15.6. The number of hydrogen-bond donors (Lipinski definition) is 2. The van der Waals surface area contributed by atoms with Crippen LogP contribution in [0, 0.1) is 24.0 Å². The fourth-order valence-electron chi connectivity index (χ4n) is 5.87. The molecule has 8 rings (SSSR count). The average Bonchev–Trinajstić information content (AvgIpc) is 3.73. The van der Waals surface area contributed by atoms with Crippen LogP contribution in [0.1, 0.15) is 16.7 Å². The second-order valence-corrected chi connectivity index (χ2v) is 11.8. The first-order valence-electron chi connectivity index (χ1n) is 15.1. The lowest BCUT2D eigenvalue weighted by atomic mass is 10.0. The molecule has 12 heteroatoms. The van der Waals surface area contributed by atoms with Crippen LogP contribution in [0.5, 0.6) is 0 Å². The van der Waals surface area contributed by atoms with Crippen LogP contribution in [0.4, 0.5) is 20.2 Å². The summed E-state index contributed by atoms with van der Waals surface area (Å²) in [4.78, 5) is 13.1. The molecule has 49 heavy (non-hydrogen) atoms. The van der Waals surface area contributed by atoms with Crippen LogP contribution < -0.4 is 5.32 Å². The number of aromatic nitrogens is 7. The first kappa shape index (κ1) is 30.0. The van der Waals surface area contributed by atoms with Gasteiger partial charge in [-0.25, -0.2) is 18.1 Å². The summed E-state index contributed by atoms with van der Waals surface area (Å²) < 4.78 is 33.4. The Morgan fingerprint density at radius 2 is 1.69 bits per heavy atom. The number of benzene rings is 3. The second kappa shape index (κ2) is 12.0. The van der Waals surface area contributed by atoms with Gasteiger partial charge >= 0.3 is 0 Å². The highest BCUT2D eigenvalue weighted by Crippen LogP contribution is 2.34. The van der Waals surface area contributed by atoms with Crippen molar-refractivity contribution >= 4 is 50.5 Å². The van der Waals surface area contributed by atoms with Crippen LogP contribution in [-0.4, -0.2) is 40.2 Å². The molecule has 0 fully saturated rings. The number of halogens is 3. The van der Waals surface area contributed by atoms with Crippen molar-refractivity contribution in [3.8, 4) is 22.8 Å².